The molecule has 5 nitrogen and oxygen atoms in total. The molecule has 2 rings (SSSR count). The van der Waals surface area contributed by atoms with E-state index in [1.165, 1.54) is 0 Å². The molecule has 2 heterocycles. The Kier molecular flexibility index (Phi) is 5.84. The molecule has 0 spiro atoms. The van der Waals surface area contributed by atoms with Crippen molar-refractivity contribution < 1.29 is 8.42 Å². The van der Waals surface area contributed by atoms with Crippen LogP contribution in [-0.4, -0.2) is 56.3 Å². The molecule has 0 aromatic carbocycles. The average Bonchev–Trinajstić information content (AvgIpc) is 2.46. The van der Waals surface area contributed by atoms with Crippen molar-refractivity contribution in [3.05, 3.63) is 0 Å². The number of rotatable bonds is 5. The first-order valence-electron chi connectivity index (χ1n) is 8.00. The van der Waals surface area contributed by atoms with E-state index in [2.05, 4.69) is 12.2 Å². The Bertz CT molecular complexity index is 385. The molecule has 2 saturated heterocycles. The van der Waals surface area contributed by atoms with Crippen LogP contribution in [-0.2, 0) is 10.2 Å². The Morgan fingerprint density at radius 1 is 1.25 bits per heavy atom. The highest BCUT2D eigenvalue weighted by Gasteiger charge is 2.32. The molecule has 1 atom stereocenters. The summed E-state index contributed by atoms with van der Waals surface area (Å²) >= 11 is 0. The highest BCUT2D eigenvalue weighted by molar-refractivity contribution is 7.86. The predicted molar refractivity (Wildman–Crippen MR) is 81.7 cm³/mol. The molecule has 118 valence electrons. The lowest BCUT2D eigenvalue weighted by molar-refractivity contribution is 0.246. The molecule has 2 aliphatic heterocycles. The number of nitrogens with one attached hydrogen (secondary N) is 1. The van der Waals surface area contributed by atoms with Gasteiger partial charge in [0, 0.05) is 26.2 Å². The summed E-state index contributed by atoms with van der Waals surface area (Å²) in [7, 11) is -3.26. The molecule has 1 unspecified atom stereocenters. The van der Waals surface area contributed by atoms with Gasteiger partial charge in [0.2, 0.25) is 0 Å². The van der Waals surface area contributed by atoms with Crippen molar-refractivity contribution in [1.29, 1.82) is 0 Å². The lowest BCUT2D eigenvalue weighted by atomic mass is 10.00. The molecule has 2 aliphatic rings. The van der Waals surface area contributed by atoms with E-state index in [0.717, 1.165) is 38.8 Å². The number of nitrogens with zero attached hydrogens (tertiary/aromatic N) is 2. The molecule has 0 aromatic rings. The van der Waals surface area contributed by atoms with Gasteiger partial charge in [-0.3, -0.25) is 0 Å². The van der Waals surface area contributed by atoms with Crippen molar-refractivity contribution in [3.8, 4) is 0 Å². The van der Waals surface area contributed by atoms with Crippen molar-refractivity contribution in [1.82, 2.24) is 13.9 Å². The third-order valence-corrected chi connectivity index (χ3v) is 6.69. The summed E-state index contributed by atoms with van der Waals surface area (Å²) in [6.45, 7) is 8.77. The number of hydrogen-bond acceptors (Lipinski definition) is 3. The van der Waals surface area contributed by atoms with Crippen LogP contribution in [0.15, 0.2) is 0 Å². The van der Waals surface area contributed by atoms with Crippen LogP contribution in [0.3, 0.4) is 0 Å². The van der Waals surface area contributed by atoms with Gasteiger partial charge in [-0.25, -0.2) is 0 Å². The van der Waals surface area contributed by atoms with Gasteiger partial charge in [-0.1, -0.05) is 13.8 Å². The maximum atomic E-state index is 12.7. The fourth-order valence-corrected chi connectivity index (χ4v) is 4.86. The Balaban J connectivity index is 1.97. The van der Waals surface area contributed by atoms with E-state index < -0.39 is 10.2 Å². The predicted octanol–water partition coefficient (Wildman–Crippen LogP) is 1.28. The van der Waals surface area contributed by atoms with E-state index in [4.69, 9.17) is 0 Å². The highest BCUT2D eigenvalue weighted by atomic mass is 32.2. The second-order valence-corrected chi connectivity index (χ2v) is 8.18. The third kappa shape index (κ3) is 3.93. The van der Waals surface area contributed by atoms with Gasteiger partial charge in [0.1, 0.15) is 0 Å². The second-order valence-electron chi connectivity index (χ2n) is 6.25. The van der Waals surface area contributed by atoms with Crippen molar-refractivity contribution in [2.24, 2.45) is 11.8 Å². The minimum Gasteiger partial charge on any atom is -0.316 e. The van der Waals surface area contributed by atoms with Crippen LogP contribution in [0.25, 0.3) is 0 Å². The average molecular weight is 303 g/mol. The summed E-state index contributed by atoms with van der Waals surface area (Å²) in [5.41, 5.74) is 0. The maximum Gasteiger partial charge on any atom is 0.281 e. The minimum absolute atomic E-state index is 0.460. The van der Waals surface area contributed by atoms with E-state index in [1.54, 1.807) is 8.61 Å². The molecular weight excluding hydrogens is 274 g/mol. The first-order chi connectivity index (χ1) is 9.54. The van der Waals surface area contributed by atoms with Gasteiger partial charge in [0.25, 0.3) is 10.2 Å². The van der Waals surface area contributed by atoms with E-state index >= 15 is 0 Å². The smallest absolute Gasteiger partial charge is 0.281 e. The topological polar surface area (TPSA) is 52.7 Å². The summed E-state index contributed by atoms with van der Waals surface area (Å²) in [4.78, 5) is 0. The zero-order chi connectivity index (χ0) is 14.6. The lowest BCUT2D eigenvalue weighted by Crippen LogP contribution is -2.49. The maximum absolute atomic E-state index is 12.7. The van der Waals surface area contributed by atoms with Gasteiger partial charge in [-0.15, -0.1) is 0 Å². The summed E-state index contributed by atoms with van der Waals surface area (Å²) in [5.74, 6) is 1.11. The van der Waals surface area contributed by atoms with Crippen LogP contribution in [0.1, 0.15) is 39.5 Å². The molecule has 0 bridgehead atoms. The van der Waals surface area contributed by atoms with E-state index in [9.17, 15) is 8.42 Å². The van der Waals surface area contributed by atoms with Gasteiger partial charge < -0.3 is 5.32 Å². The summed E-state index contributed by atoms with van der Waals surface area (Å²) < 4.78 is 28.8. The molecule has 0 aromatic heterocycles. The molecule has 1 N–H and O–H groups in total. The van der Waals surface area contributed by atoms with Crippen molar-refractivity contribution in [2.75, 3.05) is 39.3 Å². The minimum atomic E-state index is -3.26. The van der Waals surface area contributed by atoms with Crippen LogP contribution >= 0.6 is 0 Å². The Morgan fingerprint density at radius 2 is 1.95 bits per heavy atom. The van der Waals surface area contributed by atoms with Gasteiger partial charge in [-0.2, -0.15) is 17.0 Å². The largest absolute Gasteiger partial charge is 0.316 e. The van der Waals surface area contributed by atoms with Crippen LogP contribution in [0.2, 0.25) is 0 Å². The van der Waals surface area contributed by atoms with Crippen molar-refractivity contribution in [3.63, 3.8) is 0 Å². The molecule has 0 radical (unpaired) electrons. The summed E-state index contributed by atoms with van der Waals surface area (Å²) in [6, 6.07) is 0. The fraction of sp³-hybridized carbons (Fsp3) is 1.00. The van der Waals surface area contributed by atoms with Gasteiger partial charge in [0.15, 0.2) is 0 Å². The van der Waals surface area contributed by atoms with Gasteiger partial charge in [0.05, 0.1) is 0 Å². The third-order valence-electron chi connectivity index (χ3n) is 4.61. The van der Waals surface area contributed by atoms with E-state index in [-0.39, 0.29) is 0 Å². The lowest BCUT2D eigenvalue weighted by Gasteiger charge is -2.35. The molecule has 20 heavy (non-hydrogen) atoms. The van der Waals surface area contributed by atoms with Crippen LogP contribution in [0.5, 0.6) is 0 Å². The van der Waals surface area contributed by atoms with Crippen molar-refractivity contribution in [2.45, 2.75) is 39.5 Å². The van der Waals surface area contributed by atoms with Crippen LogP contribution in [0.4, 0.5) is 0 Å². The fourth-order valence-electron chi connectivity index (χ4n) is 3.13. The van der Waals surface area contributed by atoms with Crippen LogP contribution < -0.4 is 5.32 Å². The Morgan fingerprint density at radius 3 is 2.50 bits per heavy atom. The Labute approximate surface area is 123 Å². The normalized spacial score (nSPS) is 27.1. The van der Waals surface area contributed by atoms with Gasteiger partial charge >= 0.3 is 0 Å². The first kappa shape index (κ1) is 16.2. The summed E-state index contributed by atoms with van der Waals surface area (Å²) in [5, 5.41) is 3.37. The monoisotopic (exact) mass is 303 g/mol. The zero-order valence-electron chi connectivity index (χ0n) is 12.8. The Hall–Kier alpha value is -0.170. The van der Waals surface area contributed by atoms with E-state index in [0.29, 0.717) is 38.0 Å². The second kappa shape index (κ2) is 7.20. The molecule has 2 fully saturated rings. The summed E-state index contributed by atoms with van der Waals surface area (Å²) in [6.07, 6.45) is 4.27. The SMILES string of the molecule is CCN(CC1CCCNC1)S(=O)(=O)N1CCC(C)CC1. The standard InChI is InChI=1S/C14H29N3O2S/c1-3-16(12-14-5-4-8-15-11-14)20(18,19)17-9-6-13(2)7-10-17/h13-15H,3-12H2,1-2H3. The molecule has 0 amide bonds. The van der Waals surface area contributed by atoms with Crippen LogP contribution in [0, 0.1) is 11.8 Å². The molecule has 6 heteroatoms. The first-order valence-corrected chi connectivity index (χ1v) is 9.39. The molecule has 0 saturated carbocycles. The van der Waals surface area contributed by atoms with Crippen molar-refractivity contribution >= 4 is 10.2 Å². The van der Waals surface area contributed by atoms with Gasteiger partial charge in [-0.05, 0) is 50.6 Å². The zero-order valence-corrected chi connectivity index (χ0v) is 13.7. The number of hydrogen-bond donors (Lipinski definition) is 1. The molecule has 0 aliphatic carbocycles. The number of piperidine rings is 2. The highest BCUT2D eigenvalue weighted by Crippen LogP contribution is 2.22. The van der Waals surface area contributed by atoms with E-state index in [1.807, 2.05) is 6.92 Å². The molecular formula is C14H29N3O2S. The quantitative estimate of drug-likeness (QED) is 0.832.